The molecular weight excluding hydrogens is 248 g/mol. The highest BCUT2D eigenvalue weighted by Crippen LogP contribution is 2.48. The van der Waals surface area contributed by atoms with Gasteiger partial charge in [0.25, 0.3) is 0 Å². The van der Waals surface area contributed by atoms with E-state index in [0.717, 1.165) is 0 Å². The maximum absolute atomic E-state index is 10.8. The lowest BCUT2D eigenvalue weighted by atomic mass is 10.2. The van der Waals surface area contributed by atoms with Gasteiger partial charge in [0.05, 0.1) is 10.0 Å². The van der Waals surface area contributed by atoms with Crippen molar-refractivity contribution in [3.8, 4) is 0 Å². The normalized spacial score (nSPS) is 14.1. The molecule has 0 aliphatic heterocycles. The number of nitrogens with two attached hydrogens (primary N) is 1. The Hall–Kier alpha value is -0.0900. The van der Waals surface area contributed by atoms with Crippen LogP contribution in [0.4, 0.5) is 0 Å². The first-order chi connectivity index (χ1) is 6.32. The first-order valence-electron chi connectivity index (χ1n) is 3.58. The Balaban J connectivity index is 3.09. The van der Waals surface area contributed by atoms with Crippen LogP contribution >= 0.6 is 30.8 Å². The summed E-state index contributed by atoms with van der Waals surface area (Å²) >= 11 is 11.3. The minimum absolute atomic E-state index is 0.216. The maximum atomic E-state index is 10.8. The molecule has 1 atom stereocenters. The fraction of sp³-hybridized carbons (Fsp3) is 0.143. The van der Waals surface area contributed by atoms with Gasteiger partial charge in [0, 0.05) is 0 Å². The smallest absolute Gasteiger partial charge is 0.323 e. The SMILES string of the molecule is NC(c1ccc(Cl)c(Cl)c1)P(=O)(O)O. The predicted molar refractivity (Wildman–Crippen MR) is 55.4 cm³/mol. The van der Waals surface area contributed by atoms with E-state index in [4.69, 9.17) is 38.7 Å². The van der Waals surface area contributed by atoms with Gasteiger partial charge in [-0.2, -0.15) is 0 Å². The third-order valence-corrected chi connectivity index (χ3v) is 3.41. The van der Waals surface area contributed by atoms with E-state index in [1.54, 1.807) is 0 Å². The zero-order chi connectivity index (χ0) is 10.9. The van der Waals surface area contributed by atoms with Crippen LogP contribution in [0.3, 0.4) is 0 Å². The number of hydrogen-bond acceptors (Lipinski definition) is 2. The van der Waals surface area contributed by atoms with Crippen LogP contribution in [0.15, 0.2) is 18.2 Å². The third-order valence-electron chi connectivity index (χ3n) is 1.65. The van der Waals surface area contributed by atoms with Crippen molar-refractivity contribution < 1.29 is 14.4 Å². The quantitative estimate of drug-likeness (QED) is 0.707. The van der Waals surface area contributed by atoms with Crippen LogP contribution in [0, 0.1) is 0 Å². The van der Waals surface area contributed by atoms with E-state index in [1.165, 1.54) is 18.2 Å². The molecule has 0 saturated carbocycles. The number of halogens is 2. The standard InChI is InChI=1S/C7H8Cl2NO3P/c8-5-2-1-4(3-6(5)9)7(10)14(11,12)13/h1-3,7H,10H2,(H2,11,12,13). The van der Waals surface area contributed by atoms with Crippen LogP contribution in [-0.4, -0.2) is 9.79 Å². The zero-order valence-electron chi connectivity index (χ0n) is 6.89. The Labute approximate surface area is 90.8 Å². The second-order valence-electron chi connectivity index (χ2n) is 2.71. The van der Waals surface area contributed by atoms with Gasteiger partial charge in [0.15, 0.2) is 0 Å². The molecular formula is C7H8Cl2NO3P. The van der Waals surface area contributed by atoms with Crippen molar-refractivity contribution in [2.75, 3.05) is 0 Å². The Morgan fingerprint density at radius 1 is 1.29 bits per heavy atom. The molecule has 0 amide bonds. The van der Waals surface area contributed by atoms with E-state index in [9.17, 15) is 4.57 Å². The fourth-order valence-corrected chi connectivity index (χ4v) is 1.75. The average molecular weight is 256 g/mol. The van der Waals surface area contributed by atoms with Crippen molar-refractivity contribution in [2.24, 2.45) is 5.73 Å². The van der Waals surface area contributed by atoms with Crippen molar-refractivity contribution in [3.05, 3.63) is 33.8 Å². The molecule has 1 rings (SSSR count). The summed E-state index contributed by atoms with van der Waals surface area (Å²) in [5, 5.41) is 0.529. The number of benzene rings is 1. The second-order valence-corrected chi connectivity index (χ2v) is 5.26. The molecule has 0 aliphatic rings. The van der Waals surface area contributed by atoms with Crippen molar-refractivity contribution in [2.45, 2.75) is 5.78 Å². The molecule has 0 bridgehead atoms. The first-order valence-corrected chi connectivity index (χ1v) is 6.02. The van der Waals surface area contributed by atoms with E-state index in [1.807, 2.05) is 0 Å². The van der Waals surface area contributed by atoms with Gasteiger partial charge in [-0.15, -0.1) is 0 Å². The Bertz CT molecular complexity index is 393. The second kappa shape index (κ2) is 4.19. The van der Waals surface area contributed by atoms with E-state index < -0.39 is 13.4 Å². The molecule has 0 aromatic heterocycles. The van der Waals surface area contributed by atoms with Gasteiger partial charge in [-0.3, -0.25) is 4.57 Å². The van der Waals surface area contributed by atoms with Crippen LogP contribution < -0.4 is 5.73 Å². The molecule has 0 aliphatic carbocycles. The van der Waals surface area contributed by atoms with Crippen molar-refractivity contribution in [3.63, 3.8) is 0 Å². The lowest BCUT2D eigenvalue weighted by molar-refractivity contribution is 0.359. The molecule has 1 unspecified atom stereocenters. The zero-order valence-corrected chi connectivity index (χ0v) is 9.30. The highest BCUT2D eigenvalue weighted by atomic mass is 35.5. The minimum Gasteiger partial charge on any atom is -0.323 e. The van der Waals surface area contributed by atoms with Crippen molar-refractivity contribution in [1.82, 2.24) is 0 Å². The summed E-state index contributed by atoms with van der Waals surface area (Å²) in [6.07, 6.45) is 0. The topological polar surface area (TPSA) is 83.6 Å². The highest BCUT2D eigenvalue weighted by Gasteiger charge is 2.26. The minimum atomic E-state index is -4.34. The number of hydrogen-bond donors (Lipinski definition) is 3. The molecule has 0 saturated heterocycles. The predicted octanol–water partition coefficient (Wildman–Crippen LogP) is 2.13. The van der Waals surface area contributed by atoms with Gasteiger partial charge < -0.3 is 15.5 Å². The van der Waals surface area contributed by atoms with Crippen LogP contribution in [-0.2, 0) is 4.57 Å². The van der Waals surface area contributed by atoms with E-state index in [-0.39, 0.29) is 10.6 Å². The number of rotatable bonds is 2. The summed E-state index contributed by atoms with van der Waals surface area (Å²) in [7, 11) is -4.34. The molecule has 78 valence electrons. The van der Waals surface area contributed by atoms with Crippen LogP contribution in [0.25, 0.3) is 0 Å². The van der Waals surface area contributed by atoms with Gasteiger partial charge in [0.2, 0.25) is 0 Å². The first kappa shape index (κ1) is 12.0. The van der Waals surface area contributed by atoms with Crippen LogP contribution in [0.2, 0.25) is 10.0 Å². The largest absolute Gasteiger partial charge is 0.346 e. The van der Waals surface area contributed by atoms with Crippen LogP contribution in [0.1, 0.15) is 11.3 Å². The lowest BCUT2D eigenvalue weighted by Gasteiger charge is -2.13. The molecule has 0 spiro atoms. The lowest BCUT2D eigenvalue weighted by Crippen LogP contribution is -2.10. The molecule has 1 aromatic carbocycles. The highest BCUT2D eigenvalue weighted by molar-refractivity contribution is 7.52. The summed E-state index contributed by atoms with van der Waals surface area (Å²) in [5.41, 5.74) is 5.58. The third kappa shape index (κ3) is 2.70. The Morgan fingerprint density at radius 3 is 2.29 bits per heavy atom. The molecule has 4 N–H and O–H groups in total. The van der Waals surface area contributed by atoms with Gasteiger partial charge in [-0.25, -0.2) is 0 Å². The van der Waals surface area contributed by atoms with Gasteiger partial charge in [-0.05, 0) is 17.7 Å². The van der Waals surface area contributed by atoms with E-state index >= 15 is 0 Å². The molecule has 1 aromatic rings. The summed E-state index contributed by atoms with van der Waals surface area (Å²) in [5.74, 6) is -1.36. The Morgan fingerprint density at radius 2 is 1.86 bits per heavy atom. The fourth-order valence-electron chi connectivity index (χ4n) is 0.891. The summed E-state index contributed by atoms with van der Waals surface area (Å²) in [6, 6.07) is 4.21. The molecule has 14 heavy (non-hydrogen) atoms. The molecule has 7 heteroatoms. The van der Waals surface area contributed by atoms with Gasteiger partial charge in [0.1, 0.15) is 5.78 Å². The molecule has 0 radical (unpaired) electrons. The van der Waals surface area contributed by atoms with Gasteiger partial charge >= 0.3 is 7.60 Å². The maximum Gasteiger partial charge on any atom is 0.346 e. The summed E-state index contributed by atoms with van der Waals surface area (Å²) in [4.78, 5) is 17.6. The Kier molecular flexibility index (Phi) is 3.58. The average Bonchev–Trinajstić information content (AvgIpc) is 2.07. The summed E-state index contributed by atoms with van der Waals surface area (Å²) in [6.45, 7) is 0. The molecule has 4 nitrogen and oxygen atoms in total. The molecule has 0 fully saturated rings. The van der Waals surface area contributed by atoms with Crippen molar-refractivity contribution in [1.29, 1.82) is 0 Å². The van der Waals surface area contributed by atoms with E-state index in [2.05, 4.69) is 0 Å². The molecule has 0 heterocycles. The van der Waals surface area contributed by atoms with E-state index in [0.29, 0.717) is 5.02 Å². The van der Waals surface area contributed by atoms with Gasteiger partial charge in [-0.1, -0.05) is 29.3 Å². The monoisotopic (exact) mass is 255 g/mol. The summed E-state index contributed by atoms with van der Waals surface area (Å²) < 4.78 is 10.8. The van der Waals surface area contributed by atoms with Crippen LogP contribution in [0.5, 0.6) is 0 Å². The van der Waals surface area contributed by atoms with Crippen molar-refractivity contribution >= 4 is 30.8 Å².